The number of rotatable bonds is 8. The number of nitrogens with zero attached hydrogens (tertiary/aromatic N) is 2. The Morgan fingerprint density at radius 2 is 0.923 bits per heavy atom. The molecule has 2 saturated heterocycles. The van der Waals surface area contributed by atoms with Crippen LogP contribution >= 0.6 is 23.5 Å². The highest BCUT2D eigenvalue weighted by atomic mass is 32.2. The van der Waals surface area contributed by atoms with Crippen LogP contribution in [0.5, 0.6) is 11.5 Å². The lowest BCUT2D eigenvalue weighted by Gasteiger charge is -2.42. The highest BCUT2D eigenvalue weighted by molar-refractivity contribution is 8.15. The van der Waals surface area contributed by atoms with Gasteiger partial charge in [-0.05, 0) is 141 Å². The number of alkyl halides is 3. The number of methoxy groups -OCH3 is 1. The molecule has 2 aliphatic carbocycles. The molecule has 0 aromatic heterocycles. The van der Waals surface area contributed by atoms with Gasteiger partial charge >= 0.3 is 6.36 Å². The summed E-state index contributed by atoms with van der Waals surface area (Å²) in [5.41, 5.74) is 11.5. The van der Waals surface area contributed by atoms with Crippen LogP contribution in [0.4, 0.5) is 22.8 Å². The topological polar surface area (TPSA) is 93.2 Å². The van der Waals surface area contributed by atoms with Gasteiger partial charge in [0.05, 0.1) is 31.7 Å². The minimum atomic E-state index is -4.88. The summed E-state index contributed by atoms with van der Waals surface area (Å²) >= 11 is 1.97. The molecule has 8 rings (SSSR count). The van der Waals surface area contributed by atoms with Gasteiger partial charge in [-0.1, -0.05) is 115 Å². The standard InChI is InChI=1S/C26H28F3NO3S.C26H31NO3S/c1-15-11-18-19(25(4,5)10-9-24(18,2)3)12-17(15)22-16(13-30-21(31)14-34-23(30)32)7-6-8-20(22)33-26(27,28)29;1-16-12-19-20(26(4,5)11-10-25(19,2)3)13-18(16)23-17(8-7-9-21(23)30-6)14-27-22(28)15-31-24(27)29/h6-8,11-12H,9-10,13-14H2,1-5H3;7-9,12-13H,10-11,14-15H2,1-6H3. The second-order valence-corrected chi connectivity index (χ2v) is 22.2. The normalized spacial score (nSPS) is 19.4. The van der Waals surface area contributed by atoms with Crippen molar-refractivity contribution in [3.05, 3.63) is 105 Å². The number of amides is 4. The monoisotopic (exact) mass is 928 g/mol. The molecule has 0 spiro atoms. The first-order chi connectivity index (χ1) is 30.2. The van der Waals surface area contributed by atoms with E-state index >= 15 is 0 Å². The molecule has 4 amide bonds. The van der Waals surface area contributed by atoms with E-state index in [1.54, 1.807) is 13.2 Å². The van der Waals surface area contributed by atoms with Crippen LogP contribution in [0.2, 0.25) is 0 Å². The number of ether oxygens (including phenoxy) is 2. The third-order valence-electron chi connectivity index (χ3n) is 13.9. The number of benzene rings is 4. The van der Waals surface area contributed by atoms with Gasteiger partial charge in [0, 0.05) is 11.1 Å². The zero-order valence-electron chi connectivity index (χ0n) is 39.2. The summed E-state index contributed by atoms with van der Waals surface area (Å²) in [4.78, 5) is 51.4. The molecule has 0 bridgehead atoms. The first kappa shape index (κ1) is 48.2. The van der Waals surface area contributed by atoms with Crippen molar-refractivity contribution in [3.8, 4) is 33.8 Å². The summed E-state index contributed by atoms with van der Waals surface area (Å²) in [5.74, 6) is 0.197. The Bertz CT molecular complexity index is 2570. The number of imide groups is 2. The maximum atomic E-state index is 13.4. The van der Waals surface area contributed by atoms with E-state index in [1.807, 2.05) is 31.2 Å². The van der Waals surface area contributed by atoms with Crippen molar-refractivity contribution < 1.29 is 41.8 Å². The van der Waals surface area contributed by atoms with Crippen LogP contribution in [0.15, 0.2) is 60.7 Å². The average molecular weight is 929 g/mol. The van der Waals surface area contributed by atoms with Gasteiger partial charge in [0.25, 0.3) is 10.5 Å². The highest BCUT2D eigenvalue weighted by Crippen LogP contribution is 2.51. The molecule has 4 aromatic rings. The minimum absolute atomic E-state index is 0.0358. The second kappa shape index (κ2) is 17.5. The molecule has 2 heterocycles. The van der Waals surface area contributed by atoms with E-state index in [-0.39, 0.29) is 74.6 Å². The van der Waals surface area contributed by atoms with Gasteiger partial charge in [-0.25, -0.2) is 0 Å². The van der Waals surface area contributed by atoms with Gasteiger partial charge in [-0.3, -0.25) is 29.0 Å². The fraction of sp³-hybridized carbons (Fsp3) is 0.462. The zero-order valence-corrected chi connectivity index (χ0v) is 40.9. The van der Waals surface area contributed by atoms with Crippen LogP contribution in [-0.4, -0.2) is 57.1 Å². The molecule has 4 aromatic carbocycles. The molecule has 8 nitrogen and oxygen atoms in total. The van der Waals surface area contributed by atoms with Crippen LogP contribution in [0.3, 0.4) is 0 Å². The van der Waals surface area contributed by atoms with Crippen molar-refractivity contribution in [2.24, 2.45) is 0 Å². The lowest BCUT2D eigenvalue weighted by atomic mass is 9.62. The number of halogens is 3. The second-order valence-electron chi connectivity index (χ2n) is 20.4. The van der Waals surface area contributed by atoms with Crippen molar-refractivity contribution in [3.63, 3.8) is 0 Å². The number of aryl methyl sites for hydroxylation is 2. The molecule has 4 aliphatic rings. The highest BCUT2D eigenvalue weighted by Gasteiger charge is 2.41. The molecule has 13 heteroatoms. The Balaban J connectivity index is 0.000000195. The van der Waals surface area contributed by atoms with E-state index in [0.717, 1.165) is 81.3 Å². The van der Waals surface area contributed by atoms with E-state index in [2.05, 4.69) is 85.2 Å². The summed E-state index contributed by atoms with van der Waals surface area (Å²) < 4.78 is 50.3. The Morgan fingerprint density at radius 3 is 1.26 bits per heavy atom. The van der Waals surface area contributed by atoms with E-state index in [9.17, 15) is 32.3 Å². The van der Waals surface area contributed by atoms with E-state index in [4.69, 9.17) is 4.74 Å². The van der Waals surface area contributed by atoms with E-state index < -0.39 is 11.6 Å². The van der Waals surface area contributed by atoms with Gasteiger partial charge in [0.15, 0.2) is 0 Å². The maximum absolute atomic E-state index is 13.4. The lowest BCUT2D eigenvalue weighted by Crippen LogP contribution is -2.34. The summed E-state index contributed by atoms with van der Waals surface area (Å²) in [7, 11) is 1.67. The van der Waals surface area contributed by atoms with Crippen LogP contribution in [-0.2, 0) is 44.3 Å². The fourth-order valence-electron chi connectivity index (χ4n) is 9.80. The predicted molar refractivity (Wildman–Crippen MR) is 254 cm³/mol. The summed E-state index contributed by atoms with van der Waals surface area (Å²) in [6.45, 7) is 22.2. The van der Waals surface area contributed by atoms with Crippen molar-refractivity contribution in [2.45, 2.75) is 136 Å². The van der Waals surface area contributed by atoms with Crippen LogP contribution in [0.1, 0.15) is 126 Å². The van der Waals surface area contributed by atoms with Gasteiger partial charge < -0.3 is 9.47 Å². The molecular weight excluding hydrogens is 870 g/mol. The maximum Gasteiger partial charge on any atom is 0.573 e. The average Bonchev–Trinajstić information content (AvgIpc) is 3.71. The Hall–Kier alpha value is -4.75. The van der Waals surface area contributed by atoms with Crippen LogP contribution in [0.25, 0.3) is 22.3 Å². The number of hydrogen-bond acceptors (Lipinski definition) is 8. The lowest BCUT2D eigenvalue weighted by molar-refractivity contribution is -0.274. The predicted octanol–water partition coefficient (Wildman–Crippen LogP) is 13.3. The Morgan fingerprint density at radius 1 is 0.569 bits per heavy atom. The van der Waals surface area contributed by atoms with Gasteiger partial charge in [-0.15, -0.1) is 13.2 Å². The molecule has 65 heavy (non-hydrogen) atoms. The van der Waals surface area contributed by atoms with E-state index in [0.29, 0.717) is 11.1 Å². The van der Waals surface area contributed by atoms with Gasteiger partial charge in [0.1, 0.15) is 11.5 Å². The summed E-state index contributed by atoms with van der Waals surface area (Å²) in [6, 6.07) is 19.0. The molecule has 0 radical (unpaired) electrons. The molecule has 0 unspecified atom stereocenters. The van der Waals surface area contributed by atoms with Crippen LogP contribution < -0.4 is 9.47 Å². The number of fused-ring (bicyclic) bond motifs is 2. The third kappa shape index (κ3) is 9.60. The Labute approximate surface area is 389 Å². The van der Waals surface area contributed by atoms with Crippen molar-refractivity contribution in [1.82, 2.24) is 9.80 Å². The zero-order chi connectivity index (χ0) is 47.6. The number of thioether (sulfide) groups is 2. The van der Waals surface area contributed by atoms with Crippen molar-refractivity contribution in [1.29, 1.82) is 0 Å². The van der Waals surface area contributed by atoms with Gasteiger partial charge in [0.2, 0.25) is 11.8 Å². The number of carbonyl (C=O) groups excluding carboxylic acids is 4. The molecule has 346 valence electrons. The Kier molecular flexibility index (Phi) is 13.0. The number of carbonyl (C=O) groups is 4. The summed E-state index contributed by atoms with van der Waals surface area (Å²) in [6.07, 6.45) is -0.602. The van der Waals surface area contributed by atoms with Gasteiger partial charge in [-0.2, -0.15) is 0 Å². The largest absolute Gasteiger partial charge is 0.573 e. The minimum Gasteiger partial charge on any atom is -0.496 e. The van der Waals surface area contributed by atoms with E-state index in [1.165, 1.54) is 45.7 Å². The summed E-state index contributed by atoms with van der Waals surface area (Å²) in [5, 5.41) is -0.577. The smallest absolute Gasteiger partial charge is 0.496 e. The first-order valence-electron chi connectivity index (χ1n) is 22.0. The first-order valence-corrected chi connectivity index (χ1v) is 24.0. The molecule has 0 N–H and O–H groups in total. The quantitative estimate of drug-likeness (QED) is 0.172. The molecule has 0 atom stereocenters. The molecular formula is C52H59F3N2O6S2. The SMILES string of the molecule is COc1cccc(CN2C(=O)CSC2=O)c1-c1cc2c(cc1C)C(C)(C)CCC2(C)C.Cc1cc2c(cc1-c1c(CN3C(=O)CSC3=O)cccc1OC(F)(F)F)C(C)(C)CCC2(C)C. The number of hydrogen-bond donors (Lipinski definition) is 0. The van der Waals surface area contributed by atoms with Crippen LogP contribution in [0, 0.1) is 13.8 Å². The molecule has 2 aliphatic heterocycles. The van der Waals surface area contributed by atoms with Crippen molar-refractivity contribution in [2.75, 3.05) is 18.6 Å². The third-order valence-corrected chi connectivity index (χ3v) is 15.7. The van der Waals surface area contributed by atoms with Crippen molar-refractivity contribution >= 4 is 45.8 Å². The molecule has 0 saturated carbocycles. The fourth-order valence-corrected chi connectivity index (χ4v) is 11.2. The molecule has 2 fully saturated rings.